The molecular weight excluding hydrogens is 270 g/mol. The van der Waals surface area contributed by atoms with Gasteiger partial charge in [0.2, 0.25) is 5.91 Å². The summed E-state index contributed by atoms with van der Waals surface area (Å²) in [6, 6.07) is 12.5. The van der Waals surface area contributed by atoms with Crippen LogP contribution in [0.25, 0.3) is 0 Å². The molecule has 1 amide bonds. The molecule has 22 heavy (non-hydrogen) atoms. The first-order valence-corrected chi connectivity index (χ1v) is 8.01. The Bertz CT molecular complexity index is 651. The highest BCUT2D eigenvalue weighted by Gasteiger charge is 2.11. The van der Waals surface area contributed by atoms with Crippen LogP contribution in [0.2, 0.25) is 0 Å². The van der Waals surface area contributed by atoms with Crippen molar-refractivity contribution < 1.29 is 4.79 Å². The molecule has 0 bridgehead atoms. The molecule has 2 nitrogen and oxygen atoms in total. The molecule has 0 spiro atoms. The molecule has 2 aromatic carbocycles. The minimum Gasteiger partial charge on any atom is -0.325 e. The van der Waals surface area contributed by atoms with Gasteiger partial charge in [0.05, 0.1) is 6.42 Å². The van der Waals surface area contributed by atoms with Gasteiger partial charge in [0.1, 0.15) is 0 Å². The molecular formula is C20H25NO. The highest BCUT2D eigenvalue weighted by Crippen LogP contribution is 2.23. The van der Waals surface area contributed by atoms with E-state index in [4.69, 9.17) is 0 Å². The van der Waals surface area contributed by atoms with E-state index in [1.165, 1.54) is 22.3 Å². The Labute approximate surface area is 133 Å². The fourth-order valence-electron chi connectivity index (χ4n) is 2.80. The molecule has 0 fully saturated rings. The predicted molar refractivity (Wildman–Crippen MR) is 93.4 cm³/mol. The van der Waals surface area contributed by atoms with Gasteiger partial charge >= 0.3 is 0 Å². The molecule has 0 saturated heterocycles. The van der Waals surface area contributed by atoms with Crippen molar-refractivity contribution in [3.8, 4) is 0 Å². The number of nitrogens with one attached hydrogen (secondary N) is 1. The van der Waals surface area contributed by atoms with Gasteiger partial charge in [-0.25, -0.2) is 0 Å². The van der Waals surface area contributed by atoms with Crippen molar-refractivity contribution >= 4 is 11.6 Å². The zero-order valence-corrected chi connectivity index (χ0v) is 14.0. The summed E-state index contributed by atoms with van der Waals surface area (Å²) in [7, 11) is 0. The molecule has 0 saturated carbocycles. The van der Waals surface area contributed by atoms with E-state index in [0.717, 1.165) is 24.1 Å². The summed E-state index contributed by atoms with van der Waals surface area (Å²) in [6.07, 6.45) is 2.27. The second kappa shape index (κ2) is 7.26. The monoisotopic (exact) mass is 295 g/mol. The van der Waals surface area contributed by atoms with Crippen molar-refractivity contribution in [1.82, 2.24) is 0 Å². The Hall–Kier alpha value is -2.09. The van der Waals surface area contributed by atoms with Crippen LogP contribution in [0, 0.1) is 13.8 Å². The second-order valence-electron chi connectivity index (χ2n) is 5.81. The molecule has 2 aromatic rings. The molecule has 1 N–H and O–H groups in total. The van der Waals surface area contributed by atoms with Crippen molar-refractivity contribution in [3.63, 3.8) is 0 Å². The maximum Gasteiger partial charge on any atom is 0.228 e. The van der Waals surface area contributed by atoms with Crippen LogP contribution in [0.3, 0.4) is 0 Å². The number of hydrogen-bond donors (Lipinski definition) is 1. The van der Waals surface area contributed by atoms with Gasteiger partial charge in [-0.2, -0.15) is 0 Å². The van der Waals surface area contributed by atoms with Crippen LogP contribution >= 0.6 is 0 Å². The molecule has 0 unspecified atom stereocenters. The number of benzene rings is 2. The van der Waals surface area contributed by atoms with Crippen LogP contribution in [-0.2, 0) is 24.1 Å². The normalized spacial score (nSPS) is 10.5. The van der Waals surface area contributed by atoms with E-state index < -0.39 is 0 Å². The lowest BCUT2D eigenvalue weighted by Gasteiger charge is -2.15. The minimum atomic E-state index is 0.0579. The maximum absolute atomic E-state index is 12.4. The van der Waals surface area contributed by atoms with Gasteiger partial charge in [0.25, 0.3) is 0 Å². The number of rotatable bonds is 5. The van der Waals surface area contributed by atoms with Gasteiger partial charge in [-0.3, -0.25) is 4.79 Å². The van der Waals surface area contributed by atoms with Crippen LogP contribution in [0.4, 0.5) is 5.69 Å². The largest absolute Gasteiger partial charge is 0.325 e. The topological polar surface area (TPSA) is 29.1 Å². The molecule has 0 aliphatic carbocycles. The number of amides is 1. The smallest absolute Gasteiger partial charge is 0.228 e. The minimum absolute atomic E-state index is 0.0579. The van der Waals surface area contributed by atoms with Crippen molar-refractivity contribution in [2.45, 2.75) is 47.0 Å². The van der Waals surface area contributed by atoms with E-state index >= 15 is 0 Å². The first-order chi connectivity index (χ1) is 10.5. The Morgan fingerprint density at radius 2 is 1.59 bits per heavy atom. The van der Waals surface area contributed by atoms with Gasteiger partial charge in [0, 0.05) is 5.69 Å². The molecule has 0 aliphatic rings. The first-order valence-electron chi connectivity index (χ1n) is 8.01. The number of aryl methyl sites for hydroxylation is 4. The molecule has 2 heteroatoms. The summed E-state index contributed by atoms with van der Waals surface area (Å²) in [4.78, 5) is 12.4. The lowest BCUT2D eigenvalue weighted by atomic mass is 10.0. The van der Waals surface area contributed by atoms with Crippen LogP contribution < -0.4 is 5.32 Å². The van der Waals surface area contributed by atoms with Crippen molar-refractivity contribution in [1.29, 1.82) is 0 Å². The van der Waals surface area contributed by atoms with Gasteiger partial charge < -0.3 is 5.32 Å². The van der Waals surface area contributed by atoms with Crippen molar-refractivity contribution in [3.05, 3.63) is 64.2 Å². The SMILES string of the molecule is CCc1cccc(CC)c1NC(=O)Cc1ccc(C)cc1C. The summed E-state index contributed by atoms with van der Waals surface area (Å²) in [5.41, 5.74) is 6.90. The zero-order chi connectivity index (χ0) is 16.1. The first kappa shape index (κ1) is 16.3. The third kappa shape index (κ3) is 3.76. The Balaban J connectivity index is 2.19. The third-order valence-electron chi connectivity index (χ3n) is 4.11. The lowest BCUT2D eigenvalue weighted by Crippen LogP contribution is -2.17. The fraction of sp³-hybridized carbons (Fsp3) is 0.350. The Morgan fingerprint density at radius 3 is 2.14 bits per heavy atom. The molecule has 0 aliphatic heterocycles. The summed E-state index contributed by atoms with van der Waals surface area (Å²) < 4.78 is 0. The Kier molecular flexibility index (Phi) is 5.37. The van der Waals surface area contributed by atoms with E-state index in [-0.39, 0.29) is 5.91 Å². The zero-order valence-electron chi connectivity index (χ0n) is 14.0. The molecule has 0 radical (unpaired) electrons. The fourth-order valence-corrected chi connectivity index (χ4v) is 2.80. The standard InChI is InChI=1S/C20H25NO/c1-5-16-8-7-9-17(6-2)20(16)21-19(22)13-18-11-10-14(3)12-15(18)4/h7-12H,5-6,13H2,1-4H3,(H,21,22). The molecule has 2 rings (SSSR count). The third-order valence-corrected chi connectivity index (χ3v) is 4.11. The van der Waals surface area contributed by atoms with E-state index in [1.54, 1.807) is 0 Å². The highest BCUT2D eigenvalue weighted by molar-refractivity contribution is 5.94. The number of carbonyl (C=O) groups is 1. The molecule has 0 heterocycles. The highest BCUT2D eigenvalue weighted by atomic mass is 16.1. The Morgan fingerprint density at radius 1 is 0.955 bits per heavy atom. The number of para-hydroxylation sites is 1. The van der Waals surface area contributed by atoms with Crippen LogP contribution in [-0.4, -0.2) is 5.91 Å². The maximum atomic E-state index is 12.4. The van der Waals surface area contributed by atoms with E-state index in [9.17, 15) is 4.79 Å². The number of carbonyl (C=O) groups excluding carboxylic acids is 1. The van der Waals surface area contributed by atoms with Gasteiger partial charge in [-0.05, 0) is 48.9 Å². The summed E-state index contributed by atoms with van der Waals surface area (Å²) in [5.74, 6) is 0.0579. The lowest BCUT2D eigenvalue weighted by molar-refractivity contribution is -0.115. The van der Waals surface area contributed by atoms with E-state index in [2.05, 4.69) is 69.4 Å². The predicted octanol–water partition coefficient (Wildman–Crippen LogP) is 4.61. The van der Waals surface area contributed by atoms with Crippen LogP contribution in [0.15, 0.2) is 36.4 Å². The number of hydrogen-bond acceptors (Lipinski definition) is 1. The molecule has 0 atom stereocenters. The van der Waals surface area contributed by atoms with Crippen molar-refractivity contribution in [2.24, 2.45) is 0 Å². The van der Waals surface area contributed by atoms with Gasteiger partial charge in [0.15, 0.2) is 0 Å². The average molecular weight is 295 g/mol. The quantitative estimate of drug-likeness (QED) is 0.857. The van der Waals surface area contributed by atoms with Gasteiger partial charge in [-0.15, -0.1) is 0 Å². The second-order valence-corrected chi connectivity index (χ2v) is 5.81. The van der Waals surface area contributed by atoms with Gasteiger partial charge in [-0.1, -0.05) is 55.8 Å². The number of anilines is 1. The van der Waals surface area contributed by atoms with Crippen LogP contribution in [0.5, 0.6) is 0 Å². The summed E-state index contributed by atoms with van der Waals surface area (Å²) in [6.45, 7) is 8.37. The van der Waals surface area contributed by atoms with E-state index in [1.807, 2.05) is 0 Å². The molecule has 116 valence electrons. The summed E-state index contributed by atoms with van der Waals surface area (Å²) in [5, 5.41) is 3.13. The van der Waals surface area contributed by atoms with E-state index in [0.29, 0.717) is 6.42 Å². The molecule has 0 aromatic heterocycles. The summed E-state index contributed by atoms with van der Waals surface area (Å²) >= 11 is 0. The van der Waals surface area contributed by atoms with Crippen molar-refractivity contribution in [2.75, 3.05) is 5.32 Å². The van der Waals surface area contributed by atoms with Crippen LogP contribution in [0.1, 0.15) is 41.7 Å². The average Bonchev–Trinajstić information content (AvgIpc) is 2.50.